The molecular formula is C25H26N4O3. The molecule has 1 fully saturated rings. The van der Waals surface area contributed by atoms with E-state index in [-0.39, 0.29) is 11.8 Å². The molecule has 3 heterocycles. The van der Waals surface area contributed by atoms with Crippen molar-refractivity contribution < 1.29 is 14.0 Å². The quantitative estimate of drug-likeness (QED) is 0.598. The molecule has 164 valence electrons. The zero-order valence-corrected chi connectivity index (χ0v) is 18.4. The van der Waals surface area contributed by atoms with Crippen LogP contribution in [0.3, 0.4) is 0 Å². The summed E-state index contributed by atoms with van der Waals surface area (Å²) < 4.78 is 5.36. The van der Waals surface area contributed by atoms with Gasteiger partial charge in [-0.1, -0.05) is 11.8 Å². The summed E-state index contributed by atoms with van der Waals surface area (Å²) in [5.41, 5.74) is 2.63. The van der Waals surface area contributed by atoms with Crippen LogP contribution in [0.25, 0.3) is 11.0 Å². The Balaban J connectivity index is 1.42. The molecule has 0 atom stereocenters. The first-order valence-electron chi connectivity index (χ1n) is 10.7. The van der Waals surface area contributed by atoms with E-state index in [1.54, 1.807) is 35.7 Å². The minimum absolute atomic E-state index is 0.0257. The molecule has 0 N–H and O–H groups in total. The van der Waals surface area contributed by atoms with Crippen LogP contribution in [0.1, 0.15) is 32.7 Å². The van der Waals surface area contributed by atoms with Crippen molar-refractivity contribution in [1.82, 2.24) is 19.7 Å². The van der Waals surface area contributed by atoms with E-state index in [0.717, 1.165) is 23.0 Å². The number of pyridine rings is 1. The molecule has 32 heavy (non-hydrogen) atoms. The molecular weight excluding hydrogens is 404 g/mol. The zero-order valence-electron chi connectivity index (χ0n) is 18.4. The first kappa shape index (κ1) is 21.6. The molecule has 7 heteroatoms. The van der Waals surface area contributed by atoms with E-state index in [1.165, 1.54) is 0 Å². The molecule has 4 rings (SSSR count). The van der Waals surface area contributed by atoms with Crippen LogP contribution in [0.15, 0.2) is 53.4 Å². The maximum Gasteiger partial charge on any atom is 0.255 e. The highest BCUT2D eigenvalue weighted by molar-refractivity contribution is 5.98. The highest BCUT2D eigenvalue weighted by Gasteiger charge is 2.24. The number of fused-ring (bicyclic) bond motifs is 1. The van der Waals surface area contributed by atoms with Crippen molar-refractivity contribution in [3.8, 4) is 11.8 Å². The first-order chi connectivity index (χ1) is 15.5. The van der Waals surface area contributed by atoms with Crippen molar-refractivity contribution >= 4 is 22.8 Å². The molecule has 1 saturated heterocycles. The molecule has 1 aliphatic heterocycles. The van der Waals surface area contributed by atoms with Gasteiger partial charge in [0.25, 0.3) is 11.8 Å². The number of carbonyl (C=O) groups is 2. The second kappa shape index (κ2) is 9.67. The Morgan fingerprint density at radius 3 is 2.50 bits per heavy atom. The lowest BCUT2D eigenvalue weighted by molar-refractivity contribution is 0.0718. The lowest BCUT2D eigenvalue weighted by atomic mass is 10.1. The molecule has 1 aliphatic rings. The Labute approximate surface area is 187 Å². The maximum atomic E-state index is 13.1. The number of benzene rings is 1. The summed E-state index contributed by atoms with van der Waals surface area (Å²) in [6.45, 7) is 2.82. The van der Waals surface area contributed by atoms with E-state index in [1.807, 2.05) is 42.1 Å². The Kier molecular flexibility index (Phi) is 6.52. The lowest BCUT2D eigenvalue weighted by Gasteiger charge is -2.22. The third-order valence-electron chi connectivity index (χ3n) is 5.38. The normalized spacial score (nSPS) is 14.2. The molecule has 2 aromatic heterocycles. The van der Waals surface area contributed by atoms with Gasteiger partial charge in [-0.2, -0.15) is 0 Å². The second-order valence-electron chi connectivity index (χ2n) is 8.11. The average molecular weight is 431 g/mol. The average Bonchev–Trinajstić information content (AvgIpc) is 3.13. The SMILES string of the molecule is CN(C)CC#Cc1cncc(C(=O)N2CCCN(C(=O)c3ccc4occc4c3)CC2)c1. The van der Waals surface area contributed by atoms with Crippen LogP contribution in [0.5, 0.6) is 0 Å². The summed E-state index contributed by atoms with van der Waals surface area (Å²) in [6, 6.07) is 9.09. The molecule has 7 nitrogen and oxygen atoms in total. The number of hydrogen-bond acceptors (Lipinski definition) is 5. The van der Waals surface area contributed by atoms with Crippen LogP contribution in [-0.2, 0) is 0 Å². The predicted octanol–water partition coefficient (Wildman–Crippen LogP) is 2.73. The Bertz CT molecular complexity index is 1190. The van der Waals surface area contributed by atoms with Gasteiger partial charge in [0.05, 0.1) is 18.4 Å². The second-order valence-corrected chi connectivity index (χ2v) is 8.11. The summed E-state index contributed by atoms with van der Waals surface area (Å²) in [5, 5.41) is 0.906. The van der Waals surface area contributed by atoms with Gasteiger partial charge in [-0.25, -0.2) is 0 Å². The van der Waals surface area contributed by atoms with Gasteiger partial charge in [0.15, 0.2) is 0 Å². The molecule has 0 aliphatic carbocycles. The van der Waals surface area contributed by atoms with Crippen molar-refractivity contribution in [2.45, 2.75) is 6.42 Å². The van der Waals surface area contributed by atoms with E-state index in [4.69, 9.17) is 4.42 Å². The summed E-state index contributed by atoms with van der Waals surface area (Å²) >= 11 is 0. The number of hydrogen-bond donors (Lipinski definition) is 0. The highest BCUT2D eigenvalue weighted by Crippen LogP contribution is 2.19. The van der Waals surface area contributed by atoms with Crippen LogP contribution in [-0.4, -0.2) is 78.3 Å². The van der Waals surface area contributed by atoms with Gasteiger partial charge in [0.1, 0.15) is 5.58 Å². The standard InChI is InChI=1S/C25H26N4O3/c1-27(2)9-3-5-19-15-22(18-26-17-19)25(31)29-11-4-10-28(12-13-29)24(30)21-6-7-23-20(16-21)8-14-32-23/h6-8,14-18H,4,9-13H2,1-2H3. The molecule has 0 saturated carbocycles. The van der Waals surface area contributed by atoms with Crippen LogP contribution in [0, 0.1) is 11.8 Å². The molecule has 1 aromatic carbocycles. The molecule has 3 aromatic rings. The molecule has 0 bridgehead atoms. The molecule has 0 radical (unpaired) electrons. The highest BCUT2D eigenvalue weighted by atomic mass is 16.3. The van der Waals surface area contributed by atoms with Gasteiger partial charge in [-0.3, -0.25) is 19.5 Å². The smallest absolute Gasteiger partial charge is 0.255 e. The van der Waals surface area contributed by atoms with Gasteiger partial charge in [0, 0.05) is 55.1 Å². The Hall–Kier alpha value is -3.63. The van der Waals surface area contributed by atoms with Crippen molar-refractivity contribution in [3.63, 3.8) is 0 Å². The topological polar surface area (TPSA) is 69.9 Å². The van der Waals surface area contributed by atoms with E-state index >= 15 is 0 Å². The van der Waals surface area contributed by atoms with Crippen molar-refractivity contribution in [1.29, 1.82) is 0 Å². The monoisotopic (exact) mass is 430 g/mol. The minimum Gasteiger partial charge on any atom is -0.464 e. The maximum absolute atomic E-state index is 13.1. The Morgan fingerprint density at radius 2 is 1.75 bits per heavy atom. The number of furan rings is 1. The van der Waals surface area contributed by atoms with Crippen LogP contribution >= 0.6 is 0 Å². The number of rotatable bonds is 3. The fourth-order valence-electron chi connectivity index (χ4n) is 3.71. The summed E-state index contributed by atoms with van der Waals surface area (Å²) in [5.74, 6) is 6.01. The fraction of sp³-hybridized carbons (Fsp3) is 0.320. The predicted molar refractivity (Wildman–Crippen MR) is 122 cm³/mol. The van der Waals surface area contributed by atoms with Gasteiger partial charge < -0.3 is 14.2 Å². The van der Waals surface area contributed by atoms with Crippen LogP contribution < -0.4 is 0 Å². The third kappa shape index (κ3) is 4.98. The van der Waals surface area contributed by atoms with Gasteiger partial charge in [-0.05, 0) is 50.8 Å². The number of amides is 2. The van der Waals surface area contributed by atoms with Crippen molar-refractivity contribution in [2.24, 2.45) is 0 Å². The summed E-state index contributed by atoms with van der Waals surface area (Å²) in [6.07, 6.45) is 5.58. The van der Waals surface area contributed by atoms with E-state index < -0.39 is 0 Å². The lowest BCUT2D eigenvalue weighted by Crippen LogP contribution is -2.37. The first-order valence-corrected chi connectivity index (χ1v) is 10.7. The largest absolute Gasteiger partial charge is 0.464 e. The van der Waals surface area contributed by atoms with Gasteiger partial charge in [0.2, 0.25) is 0 Å². The van der Waals surface area contributed by atoms with Crippen LogP contribution in [0.4, 0.5) is 0 Å². The van der Waals surface area contributed by atoms with Gasteiger partial charge in [-0.15, -0.1) is 0 Å². The number of carbonyl (C=O) groups excluding carboxylic acids is 2. The Morgan fingerprint density at radius 1 is 1.00 bits per heavy atom. The van der Waals surface area contributed by atoms with Gasteiger partial charge >= 0.3 is 0 Å². The molecule has 0 unspecified atom stereocenters. The zero-order chi connectivity index (χ0) is 22.5. The minimum atomic E-state index is -0.0807. The molecule has 2 amide bonds. The van der Waals surface area contributed by atoms with E-state index in [2.05, 4.69) is 16.8 Å². The number of aromatic nitrogens is 1. The van der Waals surface area contributed by atoms with E-state index in [9.17, 15) is 9.59 Å². The number of nitrogens with zero attached hydrogens (tertiary/aromatic N) is 4. The fourth-order valence-corrected chi connectivity index (χ4v) is 3.71. The molecule has 0 spiro atoms. The van der Waals surface area contributed by atoms with E-state index in [0.29, 0.717) is 43.9 Å². The summed E-state index contributed by atoms with van der Waals surface area (Å²) in [4.78, 5) is 35.9. The van der Waals surface area contributed by atoms with Crippen LogP contribution in [0.2, 0.25) is 0 Å². The third-order valence-corrected chi connectivity index (χ3v) is 5.38. The van der Waals surface area contributed by atoms with Crippen molar-refractivity contribution in [3.05, 3.63) is 65.7 Å². The van der Waals surface area contributed by atoms with Crippen molar-refractivity contribution in [2.75, 3.05) is 46.8 Å². The summed E-state index contributed by atoms with van der Waals surface area (Å²) in [7, 11) is 3.91.